The third kappa shape index (κ3) is 22.3. The van der Waals surface area contributed by atoms with Crippen LogP contribution in [0.4, 0.5) is 61.5 Å². The first-order chi connectivity index (χ1) is 67.8. The summed E-state index contributed by atoms with van der Waals surface area (Å²) >= 11 is 10.6. The summed E-state index contributed by atoms with van der Waals surface area (Å²) in [4.78, 5) is 53.3. The lowest BCUT2D eigenvalue weighted by Gasteiger charge is -2.24. The molecule has 4 aliphatic rings. The van der Waals surface area contributed by atoms with Gasteiger partial charge in [-0.25, -0.2) is 81.5 Å². The van der Waals surface area contributed by atoms with E-state index in [1.54, 1.807) is 112 Å². The van der Waals surface area contributed by atoms with E-state index in [1.165, 1.54) is 143 Å². The van der Waals surface area contributed by atoms with Crippen LogP contribution in [0.25, 0.3) is 0 Å². The first-order valence-corrected chi connectivity index (χ1v) is 45.2. The molecule has 1 N–H and O–H groups in total. The number of amides is 4. The normalized spacial score (nSPS) is 15.3. The van der Waals surface area contributed by atoms with E-state index >= 15 is 0 Å². The average molecular weight is 2040 g/mol. The SMILES string of the molecule is COc1c(OCc2ccc(/C(C)=N/O)cc2)cccc1C1SC(c2ccc(F)cc2)=NN1C(=O)c1c(F)cc(F)cc1F.COc1cccc(C2SC(c3ccc(F)cc3)=NN2C(=O)c2cc(F)c(F)c(F)c2F)c1OC.COc1cccc(C2SC(c3ccc(F)cc3)=NN2C(=O)c2ccc(F)c(F)c2F)c1OC.COc1cccc([C@H]2SC(c3ccc(Cl)cc3)=NN2C(=O)c2cccc(F)c2)c1OC. The van der Waals surface area contributed by atoms with Gasteiger partial charge in [-0.15, -0.1) is 0 Å². The zero-order valence-electron chi connectivity index (χ0n) is 74.4. The van der Waals surface area contributed by atoms with Gasteiger partial charge in [-0.1, -0.05) is 155 Å². The van der Waals surface area contributed by atoms with Crippen molar-refractivity contribution in [3.05, 3.63) is 413 Å². The molecule has 4 heterocycles. The van der Waals surface area contributed by atoms with E-state index in [-0.39, 0.29) is 39.8 Å². The molecule has 0 aliphatic carbocycles. The highest BCUT2D eigenvalue weighted by Gasteiger charge is 2.44. The predicted octanol–water partition coefficient (Wildman–Crippen LogP) is 24.2. The molecule has 22 nitrogen and oxygen atoms in total. The topological polar surface area (TPSA) is 237 Å². The summed E-state index contributed by atoms with van der Waals surface area (Å²) in [5, 5.41) is 32.3. The molecule has 724 valence electrons. The molecule has 0 saturated heterocycles. The van der Waals surface area contributed by atoms with Gasteiger partial charge >= 0.3 is 0 Å². The number of hydrazone groups is 4. The molecule has 0 aromatic heterocycles. The summed E-state index contributed by atoms with van der Waals surface area (Å²) in [5.74, 6) is -19.3. The van der Waals surface area contributed by atoms with Crippen molar-refractivity contribution < 1.29 is 124 Å². The molecule has 0 fully saturated rings. The van der Waals surface area contributed by atoms with Gasteiger partial charge in [0.1, 0.15) is 94.6 Å². The van der Waals surface area contributed by atoms with Crippen LogP contribution in [0.1, 0.15) is 125 Å². The Balaban J connectivity index is 0.000000151. The Labute approximate surface area is 816 Å². The van der Waals surface area contributed by atoms with Gasteiger partial charge in [0.05, 0.1) is 66.6 Å². The fraction of sp³-hybridized carbons (Fsp3) is 0.130. The molecular weight excluding hydrogens is 1960 g/mol. The van der Waals surface area contributed by atoms with E-state index in [0.717, 1.165) is 73.1 Å². The highest BCUT2D eigenvalue weighted by atomic mass is 35.5. The Kier molecular flexibility index (Phi) is 32.7. The van der Waals surface area contributed by atoms with E-state index in [1.807, 2.05) is 36.4 Å². The van der Waals surface area contributed by atoms with Crippen LogP contribution in [0.2, 0.25) is 5.02 Å². The third-order valence-electron chi connectivity index (χ3n) is 21.2. The summed E-state index contributed by atoms with van der Waals surface area (Å²) in [6, 6.07) is 58.8. The van der Waals surface area contributed by atoms with Crippen molar-refractivity contribution in [2.24, 2.45) is 25.6 Å². The van der Waals surface area contributed by atoms with Crippen molar-refractivity contribution in [3.63, 3.8) is 0 Å². The predicted molar refractivity (Wildman–Crippen MR) is 505 cm³/mol. The van der Waals surface area contributed by atoms with Crippen molar-refractivity contribution in [3.8, 4) is 46.0 Å². The number of carbonyl (C=O) groups is 4. The van der Waals surface area contributed by atoms with Crippen LogP contribution in [0.15, 0.2) is 274 Å². The van der Waals surface area contributed by atoms with Gasteiger partial charge in [0.15, 0.2) is 86.7 Å². The van der Waals surface area contributed by atoms with Gasteiger partial charge in [0.25, 0.3) is 23.6 Å². The van der Waals surface area contributed by atoms with Crippen molar-refractivity contribution in [1.82, 2.24) is 20.0 Å². The van der Waals surface area contributed by atoms with E-state index in [2.05, 4.69) is 25.6 Å². The molecule has 0 bridgehead atoms. The zero-order valence-corrected chi connectivity index (χ0v) is 78.4. The number of nitrogens with zero attached hydrogens (tertiary/aromatic N) is 9. The average Bonchev–Trinajstić information content (AvgIpc) is 1.65. The largest absolute Gasteiger partial charge is 0.493 e. The lowest BCUT2D eigenvalue weighted by Crippen LogP contribution is -2.28. The summed E-state index contributed by atoms with van der Waals surface area (Å²) < 4.78 is 239. The van der Waals surface area contributed by atoms with Crippen molar-refractivity contribution in [2.75, 3.05) is 49.8 Å². The molecule has 3 unspecified atom stereocenters. The lowest BCUT2D eigenvalue weighted by molar-refractivity contribution is 0.0730. The summed E-state index contributed by atoms with van der Waals surface area (Å²) in [6.07, 6.45) is 0. The fourth-order valence-electron chi connectivity index (χ4n) is 14.3. The molecule has 17 rings (SSSR count). The molecule has 0 spiro atoms. The number of halogens is 15. The minimum atomic E-state index is -2.12. The molecule has 141 heavy (non-hydrogen) atoms. The fourth-order valence-corrected chi connectivity index (χ4v) is 19.1. The van der Waals surface area contributed by atoms with Crippen LogP contribution in [0.3, 0.4) is 0 Å². The van der Waals surface area contributed by atoms with Gasteiger partial charge in [-0.3, -0.25) is 19.2 Å². The highest BCUT2D eigenvalue weighted by molar-refractivity contribution is 8.15. The number of rotatable bonds is 23. The van der Waals surface area contributed by atoms with Gasteiger partial charge in [-0.2, -0.15) is 20.4 Å². The third-order valence-corrected chi connectivity index (χ3v) is 26.3. The second kappa shape index (κ2) is 45.3. The Morgan fingerprint density at radius 2 is 0.688 bits per heavy atom. The van der Waals surface area contributed by atoms with Crippen molar-refractivity contribution in [2.45, 2.75) is 35.0 Å². The summed E-state index contributed by atoms with van der Waals surface area (Å²) in [6.45, 7) is 1.81. The molecule has 13 aromatic carbocycles. The van der Waals surface area contributed by atoms with Crippen LogP contribution >= 0.6 is 58.6 Å². The van der Waals surface area contributed by atoms with Crippen LogP contribution in [0.5, 0.6) is 46.0 Å². The van der Waals surface area contributed by atoms with Gasteiger partial charge in [0, 0.05) is 67.2 Å². The summed E-state index contributed by atoms with van der Waals surface area (Å²) in [5.41, 5.74) is 3.66. The number of methoxy groups -OCH3 is 7. The Morgan fingerprint density at radius 1 is 0.333 bits per heavy atom. The molecule has 4 aliphatic heterocycles. The first kappa shape index (κ1) is 102. The monoisotopic (exact) mass is 2040 g/mol. The van der Waals surface area contributed by atoms with Crippen LogP contribution in [-0.4, -0.2) is 125 Å². The van der Waals surface area contributed by atoms with E-state index in [0.29, 0.717) is 112 Å². The molecule has 0 saturated carbocycles. The maximum absolute atomic E-state index is 14.7. The number of ether oxygens (including phenoxy) is 8. The minimum Gasteiger partial charge on any atom is -0.493 e. The van der Waals surface area contributed by atoms with Gasteiger partial charge in [0.2, 0.25) is 0 Å². The standard InChI is InChI=1S/C31H23F4N3O4S.C23H18ClFN2O3S.C23H15F5N2O3S.C23H16F4N2O3S/c1-17(37-40)19-8-6-18(7-9-19)16-42-26-5-3-4-23(28(26)41-2)31-38(30(39)27-24(34)14-22(33)15-25(27)35)36-29(43-31)20-10-12-21(32)13-11-20;1-29-19-8-4-7-18(20(19)30-2)23-27(22(28)15-5-3-6-17(25)13-15)26-21(31-23)14-9-11-16(24)12-10-14;1-32-16-5-3-4-13(20(16)33-2)23-30(29-21(34-23)11-6-8-12(24)9-7-11)22(31)14-10-15(25)18(27)19(28)17(14)26;1-31-17-5-3-4-15(20(17)32-2)23-29(22(30)14-10-11-16(25)19(27)18(14)26)28-21(33-23)12-6-8-13(24)9-7-12/h3-15,31,40H,16H2,1-2H3;3-13,23H,1-2H3;3-10,23H,1-2H3;3-11,23H,1-2H3/b37-17+;;;/t;23-;;/m.1../s1. The minimum absolute atomic E-state index is 0.138. The molecule has 13 aromatic rings. The number of oxime groups is 1. The number of thioether (sulfide) groups is 4. The maximum atomic E-state index is 14.7. The first-order valence-electron chi connectivity index (χ1n) is 41.3. The lowest BCUT2D eigenvalue weighted by atomic mass is 10.1. The molecule has 41 heteroatoms. The quantitative estimate of drug-likeness (QED) is 0.0156. The molecule has 4 atom stereocenters. The van der Waals surface area contributed by atoms with Gasteiger partial charge in [-0.05, 0) is 164 Å². The van der Waals surface area contributed by atoms with Crippen LogP contribution in [0, 0.1) is 81.4 Å². The van der Waals surface area contributed by atoms with Crippen molar-refractivity contribution in [1.29, 1.82) is 0 Å². The Bertz CT molecular complexity index is 7070. The van der Waals surface area contributed by atoms with E-state index < -0.39 is 143 Å². The number of hydrogen-bond donors (Lipinski definition) is 1. The Morgan fingerprint density at radius 3 is 1.08 bits per heavy atom. The maximum Gasteiger partial charge on any atom is 0.281 e. The molecule has 0 radical (unpaired) electrons. The van der Waals surface area contributed by atoms with Crippen LogP contribution in [-0.2, 0) is 6.61 Å². The second-order valence-corrected chi connectivity index (χ2v) is 34.5. The Hall–Kier alpha value is -15.0. The van der Waals surface area contributed by atoms with Crippen LogP contribution < -0.4 is 37.9 Å². The summed E-state index contributed by atoms with van der Waals surface area (Å²) in [7, 11) is 10.2. The van der Waals surface area contributed by atoms with E-state index in [9.17, 15) is 80.6 Å². The van der Waals surface area contributed by atoms with E-state index in [4.69, 9.17) is 54.7 Å². The zero-order chi connectivity index (χ0) is 101. The molecule has 4 amide bonds. The molecular formula is C100H72ClF14N9O13S4. The number of para-hydroxylation sites is 4. The number of hydrogen-bond acceptors (Lipinski definition) is 22. The smallest absolute Gasteiger partial charge is 0.281 e. The van der Waals surface area contributed by atoms with Gasteiger partial charge < -0.3 is 43.1 Å². The second-order valence-electron chi connectivity index (χ2n) is 29.8. The number of carbonyl (C=O) groups excluding carboxylic acids is 4. The number of benzene rings is 13. The highest BCUT2D eigenvalue weighted by Crippen LogP contribution is 2.53. The van der Waals surface area contributed by atoms with Crippen molar-refractivity contribution >= 4 is 108 Å².